The van der Waals surface area contributed by atoms with Crippen molar-refractivity contribution in [3.05, 3.63) is 62.6 Å². The molecule has 130 valence electrons. The van der Waals surface area contributed by atoms with E-state index in [1.165, 1.54) is 11.1 Å². The lowest BCUT2D eigenvalue weighted by Gasteiger charge is -2.40. The lowest BCUT2D eigenvalue weighted by molar-refractivity contribution is -0.0785. The third-order valence-corrected chi connectivity index (χ3v) is 5.44. The number of aromatic nitrogens is 2. The Morgan fingerprint density at radius 2 is 2.12 bits per heavy atom. The Labute approximate surface area is 145 Å². The smallest absolute Gasteiger partial charge is 0.277 e. The van der Waals surface area contributed by atoms with E-state index in [-0.39, 0.29) is 11.5 Å². The van der Waals surface area contributed by atoms with Crippen LogP contribution in [0, 0.1) is 13.8 Å². The molecule has 0 saturated carbocycles. The Balaban J connectivity index is 1.68. The van der Waals surface area contributed by atoms with Crippen molar-refractivity contribution in [3.63, 3.8) is 0 Å². The molecule has 1 N–H and O–H groups in total. The molecule has 3 heterocycles. The minimum Gasteiger partial charge on any atom is -0.364 e. The highest BCUT2D eigenvalue weighted by Gasteiger charge is 2.44. The molecule has 1 aromatic carbocycles. The van der Waals surface area contributed by atoms with E-state index in [9.17, 15) is 9.59 Å². The fourth-order valence-corrected chi connectivity index (χ4v) is 3.96. The largest absolute Gasteiger partial charge is 0.364 e. The van der Waals surface area contributed by atoms with Crippen LogP contribution >= 0.6 is 0 Å². The van der Waals surface area contributed by atoms with E-state index in [1.807, 2.05) is 12.1 Å². The number of likely N-dealkylation sites (tertiary alicyclic amines) is 1. The summed E-state index contributed by atoms with van der Waals surface area (Å²) in [5.74, 6) is -0.240. The van der Waals surface area contributed by atoms with Crippen LogP contribution in [0.1, 0.15) is 45.6 Å². The molecule has 1 fully saturated rings. The second-order valence-corrected chi connectivity index (χ2v) is 6.91. The van der Waals surface area contributed by atoms with Crippen LogP contribution in [-0.4, -0.2) is 34.1 Å². The summed E-state index contributed by atoms with van der Waals surface area (Å²) in [6, 6.07) is 8.18. The number of ether oxygens (including phenoxy) is 1. The van der Waals surface area contributed by atoms with Gasteiger partial charge in [-0.3, -0.25) is 9.59 Å². The molecule has 1 spiro atoms. The molecule has 25 heavy (non-hydrogen) atoms. The average Bonchev–Trinajstić information content (AvgIpc) is 2.97. The van der Waals surface area contributed by atoms with Crippen molar-refractivity contribution in [2.45, 2.75) is 38.9 Å². The molecule has 0 bridgehead atoms. The predicted octanol–water partition coefficient (Wildman–Crippen LogP) is 2.05. The number of carbonyl (C=O) groups excluding carboxylic acids is 1. The summed E-state index contributed by atoms with van der Waals surface area (Å²) in [6.45, 7) is 5.24. The van der Waals surface area contributed by atoms with Crippen LogP contribution in [0.3, 0.4) is 0 Å². The van der Waals surface area contributed by atoms with Crippen LogP contribution in [0.2, 0.25) is 0 Å². The summed E-state index contributed by atoms with van der Waals surface area (Å²) >= 11 is 0. The van der Waals surface area contributed by atoms with E-state index < -0.39 is 11.2 Å². The normalized spacial score (nSPS) is 22.2. The molecule has 0 radical (unpaired) electrons. The summed E-state index contributed by atoms with van der Waals surface area (Å²) in [5, 5.41) is 6.36. The highest BCUT2D eigenvalue weighted by molar-refractivity contribution is 5.95. The van der Waals surface area contributed by atoms with Gasteiger partial charge >= 0.3 is 0 Å². The van der Waals surface area contributed by atoms with E-state index in [1.54, 1.807) is 18.7 Å². The molecular weight excluding hydrogens is 318 g/mol. The zero-order valence-electron chi connectivity index (χ0n) is 14.5. The van der Waals surface area contributed by atoms with Gasteiger partial charge in [0.15, 0.2) is 0 Å². The standard InChI is InChI=1S/C19H21N3O3/c1-12-13(2)20-21-17(23)16(12)18(24)22-9-5-8-19(11-22)15-7-4-3-6-14(15)10-25-19/h3-4,6-7H,5,8-11H2,1-2H3,(H,21,23). The molecule has 1 atom stereocenters. The van der Waals surface area contributed by atoms with E-state index in [2.05, 4.69) is 22.3 Å². The van der Waals surface area contributed by atoms with Crippen LogP contribution in [0.4, 0.5) is 0 Å². The quantitative estimate of drug-likeness (QED) is 0.863. The van der Waals surface area contributed by atoms with E-state index >= 15 is 0 Å². The number of hydrogen-bond acceptors (Lipinski definition) is 4. The number of nitrogens with one attached hydrogen (secondary N) is 1. The Morgan fingerprint density at radius 3 is 2.96 bits per heavy atom. The first-order valence-corrected chi connectivity index (χ1v) is 8.59. The Hall–Kier alpha value is -2.47. The number of benzene rings is 1. The molecule has 1 amide bonds. The SMILES string of the molecule is Cc1n[nH]c(=O)c(C(=O)N2CCCC3(C2)OCc2ccccc23)c1C. The molecule has 6 heteroatoms. The third-order valence-electron chi connectivity index (χ3n) is 5.44. The number of rotatable bonds is 1. The van der Waals surface area contributed by atoms with Gasteiger partial charge < -0.3 is 9.64 Å². The monoisotopic (exact) mass is 339 g/mol. The Kier molecular flexibility index (Phi) is 3.72. The second-order valence-electron chi connectivity index (χ2n) is 6.91. The number of carbonyl (C=O) groups is 1. The van der Waals surface area contributed by atoms with Crippen molar-refractivity contribution in [1.82, 2.24) is 15.1 Å². The van der Waals surface area contributed by atoms with E-state index in [4.69, 9.17) is 4.74 Å². The minimum absolute atomic E-state index is 0.191. The van der Waals surface area contributed by atoms with Gasteiger partial charge in [0.05, 0.1) is 18.8 Å². The molecule has 0 aliphatic carbocycles. The second kappa shape index (κ2) is 5.81. The number of piperidine rings is 1. The van der Waals surface area contributed by atoms with Crippen molar-refractivity contribution in [2.75, 3.05) is 13.1 Å². The van der Waals surface area contributed by atoms with Crippen LogP contribution in [0.25, 0.3) is 0 Å². The van der Waals surface area contributed by atoms with Gasteiger partial charge in [0.2, 0.25) is 0 Å². The molecule has 1 unspecified atom stereocenters. The Morgan fingerprint density at radius 1 is 1.32 bits per heavy atom. The van der Waals surface area contributed by atoms with Crippen LogP contribution < -0.4 is 5.56 Å². The molecule has 2 aromatic rings. The molecule has 6 nitrogen and oxygen atoms in total. The molecule has 2 aliphatic rings. The van der Waals surface area contributed by atoms with Crippen LogP contribution in [0.15, 0.2) is 29.1 Å². The van der Waals surface area contributed by atoms with Crippen molar-refractivity contribution in [2.24, 2.45) is 0 Å². The molecule has 1 aromatic heterocycles. The predicted molar refractivity (Wildman–Crippen MR) is 92.4 cm³/mol. The van der Waals surface area contributed by atoms with Crippen molar-refractivity contribution >= 4 is 5.91 Å². The van der Waals surface area contributed by atoms with Gasteiger partial charge in [-0.05, 0) is 43.4 Å². The number of aryl methyl sites for hydroxylation is 1. The van der Waals surface area contributed by atoms with Gasteiger partial charge in [-0.1, -0.05) is 24.3 Å². The maximum absolute atomic E-state index is 13.1. The summed E-state index contributed by atoms with van der Waals surface area (Å²) in [4.78, 5) is 27.0. The Bertz CT molecular complexity index is 901. The van der Waals surface area contributed by atoms with Gasteiger partial charge in [0, 0.05) is 6.54 Å². The number of nitrogens with zero attached hydrogens (tertiary/aromatic N) is 2. The molecule has 2 aliphatic heterocycles. The summed E-state index contributed by atoms with van der Waals surface area (Å²) in [5.41, 5.74) is 2.97. The van der Waals surface area contributed by atoms with Gasteiger partial charge in [-0.25, -0.2) is 5.10 Å². The number of hydrogen-bond donors (Lipinski definition) is 1. The van der Waals surface area contributed by atoms with Gasteiger partial charge in [-0.15, -0.1) is 0 Å². The zero-order chi connectivity index (χ0) is 17.6. The molecule has 1 saturated heterocycles. The fraction of sp³-hybridized carbons (Fsp3) is 0.421. The number of aromatic amines is 1. The topological polar surface area (TPSA) is 75.3 Å². The highest BCUT2D eigenvalue weighted by Crippen LogP contribution is 2.42. The van der Waals surface area contributed by atoms with Crippen LogP contribution in [-0.2, 0) is 16.9 Å². The van der Waals surface area contributed by atoms with Gasteiger partial charge in [0.25, 0.3) is 11.5 Å². The molecule has 4 rings (SSSR count). The van der Waals surface area contributed by atoms with Crippen molar-refractivity contribution in [1.29, 1.82) is 0 Å². The van der Waals surface area contributed by atoms with Crippen molar-refractivity contribution in [3.8, 4) is 0 Å². The first-order valence-electron chi connectivity index (χ1n) is 8.59. The van der Waals surface area contributed by atoms with Crippen LogP contribution in [0.5, 0.6) is 0 Å². The number of fused-ring (bicyclic) bond motifs is 2. The van der Waals surface area contributed by atoms with E-state index in [0.717, 1.165) is 12.8 Å². The van der Waals surface area contributed by atoms with Gasteiger partial charge in [-0.2, -0.15) is 5.10 Å². The lowest BCUT2D eigenvalue weighted by Crippen LogP contribution is -2.49. The molecular formula is C19H21N3O3. The third kappa shape index (κ3) is 2.48. The van der Waals surface area contributed by atoms with E-state index in [0.29, 0.717) is 31.0 Å². The maximum Gasteiger partial charge on any atom is 0.277 e. The highest BCUT2D eigenvalue weighted by atomic mass is 16.5. The number of H-pyrrole nitrogens is 1. The zero-order valence-corrected chi connectivity index (χ0v) is 14.5. The first-order chi connectivity index (χ1) is 12.0. The summed E-state index contributed by atoms with van der Waals surface area (Å²) in [6.07, 6.45) is 1.74. The average molecular weight is 339 g/mol. The van der Waals surface area contributed by atoms with Gasteiger partial charge in [0.1, 0.15) is 11.2 Å². The summed E-state index contributed by atoms with van der Waals surface area (Å²) < 4.78 is 6.16. The minimum atomic E-state index is -0.451. The number of amides is 1. The maximum atomic E-state index is 13.1. The summed E-state index contributed by atoms with van der Waals surface area (Å²) in [7, 11) is 0. The van der Waals surface area contributed by atoms with Crippen molar-refractivity contribution < 1.29 is 9.53 Å². The lowest BCUT2D eigenvalue weighted by atomic mass is 9.85. The first kappa shape index (κ1) is 16.0. The fourth-order valence-electron chi connectivity index (χ4n) is 3.96.